The number of methoxy groups -OCH3 is 1. The fraction of sp³-hybridized carbons (Fsp3) is 0.120. The average Bonchev–Trinajstić information content (AvgIpc) is 3.41. The van der Waals surface area contributed by atoms with Crippen molar-refractivity contribution in [3.63, 3.8) is 0 Å². The zero-order valence-corrected chi connectivity index (χ0v) is 21.0. The highest BCUT2D eigenvalue weighted by Crippen LogP contribution is 2.35. The van der Waals surface area contributed by atoms with Crippen molar-refractivity contribution in [1.29, 1.82) is 0 Å². The molecule has 0 saturated heterocycles. The van der Waals surface area contributed by atoms with E-state index >= 15 is 0 Å². The van der Waals surface area contributed by atoms with E-state index in [1.807, 2.05) is 30.3 Å². The molecule has 1 N–H and O–H groups in total. The molecule has 194 valence electrons. The molecule has 5 rings (SSSR count). The Hall–Kier alpha value is -4.09. The zero-order valence-electron chi connectivity index (χ0n) is 19.5. The molecule has 0 unspecified atom stereocenters. The fourth-order valence-corrected chi connectivity index (χ4v) is 4.21. The van der Waals surface area contributed by atoms with E-state index in [1.54, 1.807) is 18.2 Å². The first-order valence-electron chi connectivity index (χ1n) is 11.0. The SMILES string of the molecule is COc1cccc(-c2cc(C(F)(F)F)n3nc(C(=O)Nc4nn(Cc5ccccc5)cc4Cl)c(Cl)c3n2)c1. The summed E-state index contributed by atoms with van der Waals surface area (Å²) >= 11 is 12.6. The number of nitrogens with zero attached hydrogens (tertiary/aromatic N) is 5. The van der Waals surface area contributed by atoms with Crippen LogP contribution in [-0.2, 0) is 12.7 Å². The second-order valence-corrected chi connectivity index (χ2v) is 8.90. The molecule has 0 saturated carbocycles. The Bertz CT molecular complexity index is 1650. The van der Waals surface area contributed by atoms with Crippen LogP contribution in [0.1, 0.15) is 21.7 Å². The van der Waals surface area contributed by atoms with Gasteiger partial charge in [0.1, 0.15) is 15.8 Å². The summed E-state index contributed by atoms with van der Waals surface area (Å²) in [6.07, 6.45) is -3.31. The van der Waals surface area contributed by atoms with Crippen LogP contribution in [0.4, 0.5) is 19.0 Å². The molecule has 1 amide bonds. The predicted molar refractivity (Wildman–Crippen MR) is 136 cm³/mol. The summed E-state index contributed by atoms with van der Waals surface area (Å²) in [5.41, 5.74) is -0.695. The number of halogens is 5. The Morgan fingerprint density at radius 1 is 1.05 bits per heavy atom. The highest BCUT2D eigenvalue weighted by molar-refractivity contribution is 6.37. The van der Waals surface area contributed by atoms with Gasteiger partial charge < -0.3 is 10.1 Å². The lowest BCUT2D eigenvalue weighted by molar-refractivity contribution is -0.142. The van der Waals surface area contributed by atoms with Crippen LogP contribution >= 0.6 is 23.2 Å². The Labute approximate surface area is 223 Å². The predicted octanol–water partition coefficient (Wildman–Crippen LogP) is 6.23. The molecule has 0 aliphatic rings. The molecule has 3 aromatic heterocycles. The molecule has 2 aromatic carbocycles. The van der Waals surface area contributed by atoms with Gasteiger partial charge in [0, 0.05) is 11.8 Å². The van der Waals surface area contributed by atoms with Gasteiger partial charge in [-0.3, -0.25) is 9.48 Å². The molecule has 0 aliphatic heterocycles. The van der Waals surface area contributed by atoms with E-state index in [0.29, 0.717) is 22.4 Å². The van der Waals surface area contributed by atoms with Crippen molar-refractivity contribution in [3.05, 3.63) is 93.9 Å². The summed E-state index contributed by atoms with van der Waals surface area (Å²) < 4.78 is 49.2. The number of rotatable bonds is 6. The molecule has 13 heteroatoms. The maximum atomic E-state index is 14.0. The minimum atomic E-state index is -4.82. The van der Waals surface area contributed by atoms with Gasteiger partial charge in [0.25, 0.3) is 5.91 Å². The molecule has 0 radical (unpaired) electrons. The van der Waals surface area contributed by atoms with Crippen molar-refractivity contribution >= 4 is 40.6 Å². The standard InChI is InChI=1S/C25H17Cl2F3N6O2/c1-38-16-9-5-8-15(10-16)18-11-19(25(28,29)30)36-23(31-18)20(27)21(33-36)24(37)32-22-17(26)13-35(34-22)12-14-6-3-2-4-7-14/h2-11,13H,12H2,1H3,(H,32,34,37). The van der Waals surface area contributed by atoms with Gasteiger partial charge in [-0.25, -0.2) is 9.50 Å². The highest BCUT2D eigenvalue weighted by atomic mass is 35.5. The maximum absolute atomic E-state index is 14.0. The lowest BCUT2D eigenvalue weighted by Crippen LogP contribution is -2.16. The number of amides is 1. The van der Waals surface area contributed by atoms with E-state index in [2.05, 4.69) is 20.5 Å². The number of aromatic nitrogens is 5. The normalized spacial score (nSPS) is 11.6. The molecular weight excluding hydrogens is 544 g/mol. The van der Waals surface area contributed by atoms with Crippen LogP contribution in [0.15, 0.2) is 66.9 Å². The van der Waals surface area contributed by atoms with Gasteiger partial charge in [0.15, 0.2) is 22.9 Å². The minimum Gasteiger partial charge on any atom is -0.497 e. The third-order valence-corrected chi connectivity index (χ3v) is 6.16. The van der Waals surface area contributed by atoms with E-state index in [0.717, 1.165) is 11.6 Å². The van der Waals surface area contributed by atoms with Crippen molar-refractivity contribution in [2.75, 3.05) is 12.4 Å². The molecule has 8 nitrogen and oxygen atoms in total. The Morgan fingerprint density at radius 3 is 2.53 bits per heavy atom. The van der Waals surface area contributed by atoms with Crippen molar-refractivity contribution in [1.82, 2.24) is 24.4 Å². The number of carbonyl (C=O) groups is 1. The lowest BCUT2D eigenvalue weighted by atomic mass is 10.1. The molecule has 38 heavy (non-hydrogen) atoms. The molecule has 0 spiro atoms. The molecule has 5 aromatic rings. The third-order valence-electron chi connectivity index (χ3n) is 5.54. The summed E-state index contributed by atoms with van der Waals surface area (Å²) in [6.45, 7) is 0.386. The quantitative estimate of drug-likeness (QED) is 0.266. The first-order valence-corrected chi connectivity index (χ1v) is 11.8. The molecule has 0 aliphatic carbocycles. The molecule has 0 bridgehead atoms. The number of carbonyl (C=O) groups excluding carboxylic acids is 1. The van der Waals surface area contributed by atoms with Gasteiger partial charge in [-0.05, 0) is 23.8 Å². The van der Waals surface area contributed by atoms with Crippen LogP contribution in [-0.4, -0.2) is 37.4 Å². The van der Waals surface area contributed by atoms with E-state index in [9.17, 15) is 18.0 Å². The van der Waals surface area contributed by atoms with Crippen LogP contribution in [0.5, 0.6) is 5.75 Å². The van der Waals surface area contributed by atoms with E-state index in [4.69, 9.17) is 27.9 Å². The van der Waals surface area contributed by atoms with Crippen LogP contribution in [0.2, 0.25) is 10.0 Å². The van der Waals surface area contributed by atoms with Crippen molar-refractivity contribution in [2.24, 2.45) is 0 Å². The molecule has 0 atom stereocenters. The third kappa shape index (κ3) is 5.02. The van der Waals surface area contributed by atoms with E-state index < -0.39 is 23.5 Å². The summed E-state index contributed by atoms with van der Waals surface area (Å²) in [7, 11) is 1.44. The van der Waals surface area contributed by atoms with Crippen LogP contribution in [0.3, 0.4) is 0 Å². The number of alkyl halides is 3. The first kappa shape index (κ1) is 25.6. The average molecular weight is 561 g/mol. The molecule has 0 fully saturated rings. The number of hydrogen-bond acceptors (Lipinski definition) is 5. The topological polar surface area (TPSA) is 86.3 Å². The second-order valence-electron chi connectivity index (χ2n) is 8.12. The highest BCUT2D eigenvalue weighted by Gasteiger charge is 2.37. The van der Waals surface area contributed by atoms with Crippen molar-refractivity contribution in [3.8, 4) is 17.0 Å². The Morgan fingerprint density at radius 2 is 1.82 bits per heavy atom. The fourth-order valence-electron chi connectivity index (χ4n) is 3.77. The van der Waals surface area contributed by atoms with E-state index in [1.165, 1.54) is 24.1 Å². The Balaban J connectivity index is 1.51. The number of benzene rings is 2. The van der Waals surface area contributed by atoms with Gasteiger partial charge in [-0.2, -0.15) is 23.4 Å². The largest absolute Gasteiger partial charge is 0.497 e. The van der Waals surface area contributed by atoms with Crippen LogP contribution < -0.4 is 10.1 Å². The first-order chi connectivity index (χ1) is 18.1. The smallest absolute Gasteiger partial charge is 0.433 e. The van der Waals surface area contributed by atoms with E-state index in [-0.39, 0.29) is 27.2 Å². The number of hydrogen-bond donors (Lipinski definition) is 1. The van der Waals surface area contributed by atoms with Gasteiger partial charge in [-0.15, -0.1) is 0 Å². The minimum absolute atomic E-state index is 0.00166. The summed E-state index contributed by atoms with van der Waals surface area (Å²) in [5, 5.41) is 10.3. The van der Waals surface area contributed by atoms with Crippen molar-refractivity contribution in [2.45, 2.75) is 12.7 Å². The Kier molecular flexibility index (Phi) is 6.72. The number of fused-ring (bicyclic) bond motifs is 1. The molecular formula is C25H17Cl2F3N6O2. The van der Waals surface area contributed by atoms with Crippen LogP contribution in [0.25, 0.3) is 16.9 Å². The monoisotopic (exact) mass is 560 g/mol. The number of nitrogens with one attached hydrogen (secondary N) is 1. The summed E-state index contributed by atoms with van der Waals surface area (Å²) in [5.74, 6) is -0.466. The van der Waals surface area contributed by atoms with Gasteiger partial charge in [0.05, 0.1) is 19.3 Å². The van der Waals surface area contributed by atoms with Gasteiger partial charge in [-0.1, -0.05) is 65.7 Å². The number of anilines is 1. The second kappa shape index (κ2) is 9.99. The van der Waals surface area contributed by atoms with Gasteiger partial charge >= 0.3 is 6.18 Å². The molecule has 3 heterocycles. The van der Waals surface area contributed by atoms with Crippen LogP contribution in [0, 0.1) is 0 Å². The zero-order chi connectivity index (χ0) is 27.0. The maximum Gasteiger partial charge on any atom is 0.433 e. The summed E-state index contributed by atoms with van der Waals surface area (Å²) in [4.78, 5) is 17.3. The van der Waals surface area contributed by atoms with Crippen molar-refractivity contribution < 1.29 is 22.7 Å². The number of ether oxygens (including phenoxy) is 1. The summed E-state index contributed by atoms with van der Waals surface area (Å²) in [6, 6.07) is 16.6. The lowest BCUT2D eigenvalue weighted by Gasteiger charge is -2.11. The van der Waals surface area contributed by atoms with Gasteiger partial charge in [0.2, 0.25) is 0 Å².